The molecule has 28 heavy (non-hydrogen) atoms. The zero-order valence-electron chi connectivity index (χ0n) is 14.7. The summed E-state index contributed by atoms with van der Waals surface area (Å²) in [6, 6.07) is 19.3. The van der Waals surface area contributed by atoms with Gasteiger partial charge in [0.1, 0.15) is 16.5 Å². The van der Waals surface area contributed by atoms with E-state index in [9.17, 15) is 9.18 Å². The first-order valence-corrected chi connectivity index (χ1v) is 9.56. The van der Waals surface area contributed by atoms with Crippen molar-refractivity contribution in [3.63, 3.8) is 0 Å². The maximum atomic E-state index is 13.1. The van der Waals surface area contributed by atoms with E-state index in [1.165, 1.54) is 23.5 Å². The molecule has 0 saturated carbocycles. The highest BCUT2D eigenvalue weighted by Gasteiger charge is 2.19. The molecule has 4 nitrogen and oxygen atoms in total. The highest BCUT2D eigenvalue weighted by molar-refractivity contribution is 7.13. The fourth-order valence-corrected chi connectivity index (χ4v) is 3.67. The number of nitrogens with zero attached hydrogens (tertiary/aromatic N) is 2. The van der Waals surface area contributed by atoms with Gasteiger partial charge < -0.3 is 5.32 Å². The molecular weight excluding hydrogens is 373 g/mol. The molecule has 0 aliphatic heterocycles. The van der Waals surface area contributed by atoms with Crippen molar-refractivity contribution in [3.8, 4) is 10.6 Å². The Kier molecular flexibility index (Phi) is 5.21. The molecule has 138 valence electrons. The summed E-state index contributed by atoms with van der Waals surface area (Å²) in [7, 11) is 0. The van der Waals surface area contributed by atoms with Crippen LogP contribution < -0.4 is 5.32 Å². The van der Waals surface area contributed by atoms with Crippen molar-refractivity contribution in [1.82, 2.24) is 15.3 Å². The smallest absolute Gasteiger partial charge is 0.271 e. The van der Waals surface area contributed by atoms with E-state index in [0.717, 1.165) is 16.7 Å². The first-order chi connectivity index (χ1) is 13.7. The van der Waals surface area contributed by atoms with Crippen molar-refractivity contribution in [2.45, 2.75) is 6.04 Å². The fourth-order valence-electron chi connectivity index (χ4n) is 2.87. The molecule has 4 rings (SSSR count). The predicted molar refractivity (Wildman–Crippen MR) is 107 cm³/mol. The average molecular weight is 389 g/mol. The number of aromatic nitrogens is 2. The first-order valence-electron chi connectivity index (χ1n) is 8.68. The lowest BCUT2D eigenvalue weighted by atomic mass is 9.99. The molecule has 0 aliphatic rings. The number of benzene rings is 2. The number of hydrogen-bond acceptors (Lipinski definition) is 4. The van der Waals surface area contributed by atoms with E-state index in [0.29, 0.717) is 10.7 Å². The summed E-state index contributed by atoms with van der Waals surface area (Å²) in [5, 5.41) is 5.44. The van der Waals surface area contributed by atoms with Crippen LogP contribution in [-0.4, -0.2) is 15.9 Å². The van der Waals surface area contributed by atoms with Gasteiger partial charge in [-0.15, -0.1) is 11.3 Å². The number of amides is 1. The van der Waals surface area contributed by atoms with Crippen molar-refractivity contribution >= 4 is 17.2 Å². The number of nitrogens with one attached hydrogen (secondary N) is 1. The van der Waals surface area contributed by atoms with Crippen molar-refractivity contribution in [3.05, 3.63) is 107 Å². The molecule has 0 bridgehead atoms. The van der Waals surface area contributed by atoms with Gasteiger partial charge in [-0.05, 0) is 47.5 Å². The molecule has 2 aromatic carbocycles. The maximum Gasteiger partial charge on any atom is 0.271 e. The van der Waals surface area contributed by atoms with E-state index in [1.54, 1.807) is 29.9 Å². The number of halogens is 1. The number of thiazole rings is 1. The van der Waals surface area contributed by atoms with E-state index >= 15 is 0 Å². The number of carbonyl (C=O) groups excluding carboxylic acids is 1. The lowest BCUT2D eigenvalue weighted by Gasteiger charge is -2.19. The van der Waals surface area contributed by atoms with Crippen LogP contribution in [0.15, 0.2) is 84.5 Å². The van der Waals surface area contributed by atoms with Crippen molar-refractivity contribution < 1.29 is 9.18 Å². The number of pyridine rings is 1. The van der Waals surface area contributed by atoms with Gasteiger partial charge in [0.2, 0.25) is 0 Å². The van der Waals surface area contributed by atoms with Gasteiger partial charge in [0.25, 0.3) is 5.91 Å². The second-order valence-electron chi connectivity index (χ2n) is 6.14. The van der Waals surface area contributed by atoms with Crippen molar-refractivity contribution in [2.24, 2.45) is 0 Å². The second kappa shape index (κ2) is 8.10. The summed E-state index contributed by atoms with van der Waals surface area (Å²) < 4.78 is 13.1. The van der Waals surface area contributed by atoms with E-state index < -0.39 is 0 Å². The topological polar surface area (TPSA) is 54.9 Å². The van der Waals surface area contributed by atoms with Gasteiger partial charge in [0.05, 0.1) is 6.04 Å². The Morgan fingerprint density at radius 3 is 2.32 bits per heavy atom. The van der Waals surface area contributed by atoms with Crippen LogP contribution >= 0.6 is 11.3 Å². The lowest BCUT2D eigenvalue weighted by molar-refractivity contribution is 0.0938. The van der Waals surface area contributed by atoms with E-state index in [4.69, 9.17) is 0 Å². The molecular formula is C22H16FN3OS. The molecule has 0 aliphatic carbocycles. The Balaban J connectivity index is 1.59. The summed E-state index contributed by atoms with van der Waals surface area (Å²) in [6.07, 6.45) is 3.40. The molecule has 1 unspecified atom stereocenters. The third-order valence-corrected chi connectivity index (χ3v) is 5.17. The minimum absolute atomic E-state index is 0.268. The largest absolute Gasteiger partial charge is 0.340 e. The standard InChI is InChI=1S/C22H16FN3OS/c23-18-8-6-17(7-9-18)22-25-19(14-28-22)21(27)26-20(15-4-2-1-3-5-15)16-10-12-24-13-11-16/h1-14,20H,(H,26,27). The Morgan fingerprint density at radius 1 is 0.929 bits per heavy atom. The second-order valence-corrected chi connectivity index (χ2v) is 7.00. The van der Waals surface area contributed by atoms with Gasteiger partial charge in [-0.2, -0.15) is 0 Å². The van der Waals surface area contributed by atoms with E-state index in [2.05, 4.69) is 15.3 Å². The molecule has 1 amide bonds. The van der Waals surface area contributed by atoms with Crippen LogP contribution in [0.1, 0.15) is 27.7 Å². The minimum Gasteiger partial charge on any atom is -0.340 e. The van der Waals surface area contributed by atoms with Crippen LogP contribution in [0.4, 0.5) is 4.39 Å². The normalized spacial score (nSPS) is 11.8. The third-order valence-electron chi connectivity index (χ3n) is 4.28. The Bertz CT molecular complexity index is 1030. The zero-order chi connectivity index (χ0) is 19.3. The average Bonchev–Trinajstić information content (AvgIpc) is 3.24. The summed E-state index contributed by atoms with van der Waals surface area (Å²) >= 11 is 1.35. The zero-order valence-corrected chi connectivity index (χ0v) is 15.6. The van der Waals surface area contributed by atoms with Crippen LogP contribution in [0.2, 0.25) is 0 Å². The highest BCUT2D eigenvalue weighted by Crippen LogP contribution is 2.25. The minimum atomic E-state index is -0.312. The molecule has 0 spiro atoms. The summed E-state index contributed by atoms with van der Waals surface area (Å²) in [5.41, 5.74) is 3.01. The van der Waals surface area contributed by atoms with E-state index in [-0.39, 0.29) is 17.8 Å². The van der Waals surface area contributed by atoms with Gasteiger partial charge in [-0.1, -0.05) is 30.3 Å². The molecule has 1 N–H and O–H groups in total. The molecule has 0 saturated heterocycles. The molecule has 1 atom stereocenters. The Hall–Kier alpha value is -3.38. The fraction of sp³-hybridized carbons (Fsp3) is 0.0455. The third kappa shape index (κ3) is 3.97. The molecule has 4 aromatic rings. The quantitative estimate of drug-likeness (QED) is 0.530. The van der Waals surface area contributed by atoms with E-state index in [1.807, 2.05) is 42.5 Å². The van der Waals surface area contributed by atoms with Crippen LogP contribution in [0.5, 0.6) is 0 Å². The van der Waals surface area contributed by atoms with Crippen LogP contribution in [0, 0.1) is 5.82 Å². The maximum absolute atomic E-state index is 13.1. The highest BCUT2D eigenvalue weighted by atomic mass is 32.1. The predicted octanol–water partition coefficient (Wildman–Crippen LogP) is 4.86. The van der Waals surface area contributed by atoms with Gasteiger partial charge in [0.15, 0.2) is 0 Å². The molecule has 0 radical (unpaired) electrons. The van der Waals surface area contributed by atoms with Gasteiger partial charge in [-0.3, -0.25) is 9.78 Å². The van der Waals surface area contributed by atoms with Crippen LogP contribution in [0.3, 0.4) is 0 Å². The summed E-state index contributed by atoms with van der Waals surface area (Å²) in [6.45, 7) is 0. The molecule has 6 heteroatoms. The monoisotopic (exact) mass is 389 g/mol. The summed E-state index contributed by atoms with van der Waals surface area (Å²) in [5.74, 6) is -0.573. The molecule has 0 fully saturated rings. The Labute approximate surface area is 165 Å². The molecule has 2 heterocycles. The molecule has 2 aromatic heterocycles. The number of rotatable bonds is 5. The van der Waals surface area contributed by atoms with Gasteiger partial charge in [0, 0.05) is 23.3 Å². The number of carbonyl (C=O) groups is 1. The first kappa shape index (κ1) is 18.0. The van der Waals surface area contributed by atoms with Crippen molar-refractivity contribution in [2.75, 3.05) is 0 Å². The Morgan fingerprint density at radius 2 is 1.61 bits per heavy atom. The summed E-state index contributed by atoms with van der Waals surface area (Å²) in [4.78, 5) is 21.3. The van der Waals surface area contributed by atoms with Crippen LogP contribution in [0.25, 0.3) is 10.6 Å². The van der Waals surface area contributed by atoms with Crippen molar-refractivity contribution in [1.29, 1.82) is 0 Å². The van der Waals surface area contributed by atoms with Gasteiger partial charge >= 0.3 is 0 Å². The van der Waals surface area contributed by atoms with Gasteiger partial charge in [-0.25, -0.2) is 9.37 Å². The SMILES string of the molecule is O=C(NC(c1ccccc1)c1ccncc1)c1csc(-c2ccc(F)cc2)n1. The lowest BCUT2D eigenvalue weighted by Crippen LogP contribution is -2.29. The number of hydrogen-bond donors (Lipinski definition) is 1. The van der Waals surface area contributed by atoms with Crippen LogP contribution in [-0.2, 0) is 0 Å².